The van der Waals surface area contributed by atoms with Crippen LogP contribution in [0, 0.1) is 3.57 Å². The molecule has 40 heavy (non-hydrogen) atoms. The summed E-state index contributed by atoms with van der Waals surface area (Å²) in [4.78, 5) is 36.7. The summed E-state index contributed by atoms with van der Waals surface area (Å²) in [6.45, 7) is 5.81. The van der Waals surface area contributed by atoms with E-state index in [1.54, 1.807) is 66.7 Å². The molecule has 3 aromatic carbocycles. The second-order valence-corrected chi connectivity index (χ2v) is 9.43. The molecule has 0 fully saturated rings. The van der Waals surface area contributed by atoms with Crippen molar-refractivity contribution in [1.82, 2.24) is 5.43 Å². The minimum Gasteiger partial charge on any atom is -0.490 e. The van der Waals surface area contributed by atoms with Gasteiger partial charge in [-0.15, -0.1) is 0 Å². The van der Waals surface area contributed by atoms with Crippen LogP contribution in [0.3, 0.4) is 0 Å². The Balaban J connectivity index is 1.58. The van der Waals surface area contributed by atoms with E-state index < -0.39 is 17.7 Å². The van der Waals surface area contributed by atoms with Crippen molar-refractivity contribution in [2.45, 2.75) is 6.92 Å². The van der Waals surface area contributed by atoms with Gasteiger partial charge in [-0.25, -0.2) is 5.43 Å². The molecule has 3 N–H and O–H groups in total. The molecule has 0 heterocycles. The van der Waals surface area contributed by atoms with Gasteiger partial charge in [-0.05, 0) is 83.6 Å². The number of carbonyl (C=O) groups is 3. The van der Waals surface area contributed by atoms with Gasteiger partial charge in [-0.1, -0.05) is 36.4 Å². The maximum absolute atomic E-state index is 12.4. The SMILES string of the molecule is C=CCOc1ccc(NC(=O)C(=O)N/N=C\c2cc(I)c(OCC(=O)Nc3ccccc3Cl)c(OCC)c2)cc1. The molecule has 3 rings (SSSR count). The molecule has 0 aromatic heterocycles. The van der Waals surface area contributed by atoms with Crippen molar-refractivity contribution in [2.24, 2.45) is 5.10 Å². The number of nitrogens with one attached hydrogen (secondary N) is 3. The maximum atomic E-state index is 12.4. The van der Waals surface area contributed by atoms with E-state index in [1.807, 2.05) is 29.5 Å². The summed E-state index contributed by atoms with van der Waals surface area (Å²) in [5.41, 5.74) is 3.65. The fraction of sp³-hybridized carbons (Fsp3) is 0.143. The number of amides is 3. The Morgan fingerprint density at radius 3 is 2.45 bits per heavy atom. The highest BCUT2D eigenvalue weighted by molar-refractivity contribution is 14.1. The number of ether oxygens (including phenoxy) is 3. The fourth-order valence-corrected chi connectivity index (χ4v) is 4.11. The van der Waals surface area contributed by atoms with E-state index in [9.17, 15) is 14.4 Å². The molecule has 0 atom stereocenters. The first kappa shape index (κ1) is 30.4. The number of anilines is 2. The van der Waals surface area contributed by atoms with Gasteiger partial charge >= 0.3 is 11.8 Å². The number of hydrogen-bond acceptors (Lipinski definition) is 7. The molecule has 10 nitrogen and oxygen atoms in total. The highest BCUT2D eigenvalue weighted by Crippen LogP contribution is 2.34. The number of hydrogen-bond donors (Lipinski definition) is 3. The van der Waals surface area contributed by atoms with Crippen LogP contribution in [0.1, 0.15) is 12.5 Å². The Kier molecular flexibility index (Phi) is 11.8. The van der Waals surface area contributed by atoms with E-state index in [4.69, 9.17) is 25.8 Å². The lowest BCUT2D eigenvalue weighted by atomic mass is 10.2. The van der Waals surface area contributed by atoms with E-state index >= 15 is 0 Å². The van der Waals surface area contributed by atoms with Crippen molar-refractivity contribution in [1.29, 1.82) is 0 Å². The maximum Gasteiger partial charge on any atom is 0.329 e. The Hall–Kier alpha value is -4.10. The van der Waals surface area contributed by atoms with E-state index in [-0.39, 0.29) is 6.61 Å². The molecule has 0 unspecified atom stereocenters. The van der Waals surface area contributed by atoms with Gasteiger partial charge in [-0.3, -0.25) is 14.4 Å². The molecule has 0 spiro atoms. The van der Waals surface area contributed by atoms with Gasteiger partial charge in [0.15, 0.2) is 18.1 Å². The molecule has 0 saturated heterocycles. The Morgan fingerprint density at radius 2 is 1.75 bits per heavy atom. The average Bonchev–Trinajstić information content (AvgIpc) is 2.93. The van der Waals surface area contributed by atoms with Crippen molar-refractivity contribution in [3.8, 4) is 17.2 Å². The number of halogens is 2. The van der Waals surface area contributed by atoms with Crippen molar-refractivity contribution >= 4 is 69.5 Å². The third-order valence-electron chi connectivity index (χ3n) is 4.89. The van der Waals surface area contributed by atoms with Crippen molar-refractivity contribution in [3.63, 3.8) is 0 Å². The van der Waals surface area contributed by atoms with Crippen LogP contribution in [-0.2, 0) is 14.4 Å². The zero-order chi connectivity index (χ0) is 28.9. The first-order valence-electron chi connectivity index (χ1n) is 11.9. The first-order valence-corrected chi connectivity index (χ1v) is 13.4. The smallest absolute Gasteiger partial charge is 0.329 e. The van der Waals surface area contributed by atoms with Gasteiger partial charge < -0.3 is 24.8 Å². The Labute approximate surface area is 249 Å². The van der Waals surface area contributed by atoms with Crippen molar-refractivity contribution < 1.29 is 28.6 Å². The van der Waals surface area contributed by atoms with E-state index in [0.29, 0.717) is 56.0 Å². The van der Waals surface area contributed by atoms with Gasteiger partial charge in [0.2, 0.25) is 0 Å². The van der Waals surface area contributed by atoms with Crippen LogP contribution in [0.4, 0.5) is 11.4 Å². The molecule has 0 bridgehead atoms. The van der Waals surface area contributed by atoms with Crippen LogP contribution in [-0.4, -0.2) is 43.8 Å². The molecule has 0 saturated carbocycles. The van der Waals surface area contributed by atoms with Crippen molar-refractivity contribution in [3.05, 3.63) is 87.5 Å². The van der Waals surface area contributed by atoms with Crippen LogP contribution in [0.15, 0.2) is 78.4 Å². The van der Waals surface area contributed by atoms with Gasteiger partial charge in [-0.2, -0.15) is 5.10 Å². The van der Waals surface area contributed by atoms with Gasteiger partial charge in [0, 0.05) is 5.69 Å². The zero-order valence-electron chi connectivity index (χ0n) is 21.4. The summed E-state index contributed by atoms with van der Waals surface area (Å²) in [7, 11) is 0. The fourth-order valence-electron chi connectivity index (χ4n) is 3.15. The van der Waals surface area contributed by atoms with Crippen LogP contribution in [0.5, 0.6) is 17.2 Å². The molecule has 0 radical (unpaired) electrons. The normalized spacial score (nSPS) is 10.5. The minimum absolute atomic E-state index is 0.273. The lowest BCUT2D eigenvalue weighted by molar-refractivity contribution is -0.136. The highest BCUT2D eigenvalue weighted by Gasteiger charge is 2.16. The lowest BCUT2D eigenvalue weighted by Crippen LogP contribution is -2.32. The number of hydrazone groups is 1. The second kappa shape index (κ2) is 15.5. The second-order valence-electron chi connectivity index (χ2n) is 7.86. The highest BCUT2D eigenvalue weighted by atomic mass is 127. The summed E-state index contributed by atoms with van der Waals surface area (Å²) in [5, 5.41) is 9.45. The summed E-state index contributed by atoms with van der Waals surface area (Å²) >= 11 is 8.12. The van der Waals surface area contributed by atoms with Crippen molar-refractivity contribution in [2.75, 3.05) is 30.5 Å². The van der Waals surface area contributed by atoms with Gasteiger partial charge in [0.1, 0.15) is 12.4 Å². The topological polar surface area (TPSA) is 127 Å². The van der Waals surface area contributed by atoms with Crippen LogP contribution < -0.4 is 30.3 Å². The minimum atomic E-state index is -0.951. The molecule has 12 heteroatoms. The molecule has 0 aliphatic rings. The summed E-state index contributed by atoms with van der Waals surface area (Å²) in [6, 6.07) is 16.8. The number of benzene rings is 3. The zero-order valence-corrected chi connectivity index (χ0v) is 24.3. The summed E-state index contributed by atoms with van der Waals surface area (Å²) in [5.74, 6) is -0.878. The predicted molar refractivity (Wildman–Crippen MR) is 162 cm³/mol. The molecular weight excluding hydrogens is 651 g/mol. The summed E-state index contributed by atoms with van der Waals surface area (Å²) < 4.78 is 17.4. The standard InChI is InChI=1S/C28H26ClIN4O6/c1-3-13-39-20-11-9-19(10-12-20)32-27(36)28(37)34-31-16-18-14-22(30)26(24(15-18)38-4-2)40-17-25(35)33-23-8-6-5-7-21(23)29/h3,5-12,14-16H,1,4,13,17H2,2H3,(H,32,36)(H,33,35)(H,34,37)/b31-16-. The third kappa shape index (κ3) is 9.27. The molecule has 0 aliphatic heterocycles. The predicted octanol–water partition coefficient (Wildman–Crippen LogP) is 5.01. The monoisotopic (exact) mass is 676 g/mol. The number of nitrogens with zero attached hydrogens (tertiary/aromatic N) is 1. The molecule has 3 amide bonds. The molecule has 3 aromatic rings. The number of carbonyl (C=O) groups excluding carboxylic acids is 3. The number of para-hydroxylation sites is 1. The van der Waals surface area contributed by atoms with E-state index in [1.165, 1.54) is 6.21 Å². The van der Waals surface area contributed by atoms with E-state index in [2.05, 4.69) is 27.7 Å². The van der Waals surface area contributed by atoms with Crippen LogP contribution in [0.2, 0.25) is 5.02 Å². The molecule has 0 aliphatic carbocycles. The lowest BCUT2D eigenvalue weighted by Gasteiger charge is -2.15. The Bertz CT molecular complexity index is 1400. The Morgan fingerprint density at radius 1 is 1.00 bits per heavy atom. The van der Waals surface area contributed by atoms with Gasteiger partial charge in [0.05, 0.1) is 27.1 Å². The molecular formula is C28H26ClIN4O6. The van der Waals surface area contributed by atoms with Crippen LogP contribution >= 0.6 is 34.2 Å². The number of rotatable bonds is 12. The quantitative estimate of drug-likeness (QED) is 0.0814. The third-order valence-corrected chi connectivity index (χ3v) is 6.02. The molecule has 208 valence electrons. The van der Waals surface area contributed by atoms with Gasteiger partial charge in [0.25, 0.3) is 5.91 Å². The largest absolute Gasteiger partial charge is 0.490 e. The average molecular weight is 677 g/mol. The summed E-state index contributed by atoms with van der Waals surface area (Å²) in [6.07, 6.45) is 2.97. The first-order chi connectivity index (χ1) is 19.3. The van der Waals surface area contributed by atoms with E-state index in [0.717, 1.165) is 0 Å². The van der Waals surface area contributed by atoms with Crippen LogP contribution in [0.25, 0.3) is 0 Å².